The fourth-order valence-corrected chi connectivity index (χ4v) is 3.66. The normalized spacial score (nSPS) is 15.5. The van der Waals surface area contributed by atoms with E-state index in [0.717, 1.165) is 11.1 Å². The smallest absolute Gasteiger partial charge is 0.408 e. The van der Waals surface area contributed by atoms with Crippen LogP contribution in [0.3, 0.4) is 0 Å². The lowest BCUT2D eigenvalue weighted by Crippen LogP contribution is -2.53. The van der Waals surface area contributed by atoms with Crippen LogP contribution in [-0.2, 0) is 16.0 Å². The van der Waals surface area contributed by atoms with Crippen LogP contribution in [0.4, 0.5) is 14.9 Å². The Labute approximate surface area is 193 Å². The summed E-state index contributed by atoms with van der Waals surface area (Å²) in [5.41, 5.74) is 2.08. The predicted octanol–water partition coefficient (Wildman–Crippen LogP) is 5.54. The molecule has 0 spiro atoms. The van der Waals surface area contributed by atoms with Gasteiger partial charge in [-0.3, -0.25) is 4.79 Å². The number of aryl methyl sites for hydroxylation is 1. The van der Waals surface area contributed by atoms with Crippen LogP contribution in [0.15, 0.2) is 49.6 Å². The summed E-state index contributed by atoms with van der Waals surface area (Å²) in [5.74, 6) is -0.0285. The lowest BCUT2D eigenvalue weighted by atomic mass is 9.94. The van der Waals surface area contributed by atoms with Gasteiger partial charge in [0.05, 0.1) is 5.69 Å². The van der Waals surface area contributed by atoms with Crippen LogP contribution >= 0.6 is 0 Å². The quantitative estimate of drug-likeness (QED) is 0.585. The lowest BCUT2D eigenvalue weighted by molar-refractivity contribution is -0.120. The summed E-state index contributed by atoms with van der Waals surface area (Å²) in [4.78, 5) is 27.2. The van der Waals surface area contributed by atoms with Crippen molar-refractivity contribution in [2.75, 3.05) is 11.4 Å². The highest BCUT2D eigenvalue weighted by atomic mass is 19.1. The number of rotatable bonds is 6. The first-order valence-electron chi connectivity index (χ1n) is 10.7. The minimum Gasteiger partial charge on any atom is -0.454 e. The predicted molar refractivity (Wildman–Crippen MR) is 127 cm³/mol. The Morgan fingerprint density at radius 1 is 1.27 bits per heavy atom. The number of ether oxygens (including phenoxy) is 2. The van der Waals surface area contributed by atoms with E-state index in [1.54, 1.807) is 39.0 Å². The number of amides is 2. The minimum absolute atomic E-state index is 0.204. The molecule has 1 atom stereocenters. The van der Waals surface area contributed by atoms with E-state index in [1.165, 1.54) is 17.0 Å². The number of hydrogen-bond donors (Lipinski definition) is 1. The number of carbonyl (C=O) groups is 2. The van der Waals surface area contributed by atoms with Crippen molar-refractivity contribution in [2.45, 2.75) is 45.8 Å². The zero-order valence-electron chi connectivity index (χ0n) is 19.4. The molecule has 174 valence electrons. The van der Waals surface area contributed by atoms with Crippen LogP contribution in [0, 0.1) is 12.7 Å². The number of anilines is 1. The SMILES string of the molecule is C=CCN1C(=O)[C@H](NC(=O)OC(C)(C)C)Cc2ccc(C)c(Oc3cc(F)ccc3C=C)c21. The topological polar surface area (TPSA) is 67.9 Å². The molecule has 7 heteroatoms. The van der Waals surface area contributed by atoms with Crippen LogP contribution in [-0.4, -0.2) is 30.2 Å². The average Bonchev–Trinajstić information content (AvgIpc) is 2.72. The van der Waals surface area contributed by atoms with Crippen molar-refractivity contribution in [3.63, 3.8) is 0 Å². The van der Waals surface area contributed by atoms with E-state index in [1.807, 2.05) is 19.1 Å². The van der Waals surface area contributed by atoms with Crippen molar-refractivity contribution >= 4 is 23.8 Å². The van der Waals surface area contributed by atoms with E-state index in [4.69, 9.17) is 9.47 Å². The van der Waals surface area contributed by atoms with Gasteiger partial charge in [0.1, 0.15) is 23.2 Å². The highest BCUT2D eigenvalue weighted by molar-refractivity contribution is 6.03. The number of nitrogens with zero attached hydrogens (tertiary/aromatic N) is 1. The molecule has 0 saturated carbocycles. The van der Waals surface area contributed by atoms with Crippen LogP contribution in [0.2, 0.25) is 0 Å². The first-order chi connectivity index (χ1) is 15.5. The Balaban J connectivity index is 2.03. The number of hydrogen-bond acceptors (Lipinski definition) is 4. The molecule has 0 aromatic heterocycles. The third-order valence-electron chi connectivity index (χ3n) is 5.08. The molecular weight excluding hydrogens is 423 g/mol. The van der Waals surface area contributed by atoms with Crippen molar-refractivity contribution < 1.29 is 23.5 Å². The summed E-state index contributed by atoms with van der Waals surface area (Å²) in [6, 6.07) is 7.15. The standard InChI is InChI=1S/C26H29FN2O4/c1-7-13-29-22-18(14-20(24(29)30)28-25(31)33-26(4,5)6)10-9-16(3)23(22)32-21-15-19(27)12-11-17(21)8-2/h7-12,15,20H,1-2,13-14H2,3-6H3,(H,28,31)/t20-/m1/s1. The summed E-state index contributed by atoms with van der Waals surface area (Å²) in [5, 5.41) is 2.67. The van der Waals surface area contributed by atoms with Gasteiger partial charge in [-0.15, -0.1) is 6.58 Å². The number of benzene rings is 2. The van der Waals surface area contributed by atoms with Crippen LogP contribution in [0.25, 0.3) is 6.08 Å². The number of nitrogens with one attached hydrogen (secondary N) is 1. The zero-order chi connectivity index (χ0) is 24.3. The lowest BCUT2D eigenvalue weighted by Gasteiger charge is -2.35. The van der Waals surface area contributed by atoms with Crippen molar-refractivity contribution in [1.82, 2.24) is 5.32 Å². The Morgan fingerprint density at radius 3 is 2.64 bits per heavy atom. The second-order valence-electron chi connectivity index (χ2n) is 8.85. The van der Waals surface area contributed by atoms with Crippen molar-refractivity contribution in [3.8, 4) is 11.5 Å². The first kappa shape index (κ1) is 24.0. The first-order valence-corrected chi connectivity index (χ1v) is 10.7. The third kappa shape index (κ3) is 5.42. The maximum Gasteiger partial charge on any atom is 0.408 e. The number of halogens is 1. The molecule has 1 aliphatic heterocycles. The second kappa shape index (κ2) is 9.48. The van der Waals surface area contributed by atoms with E-state index in [-0.39, 0.29) is 18.9 Å². The number of alkyl carbamates (subject to hydrolysis) is 1. The summed E-state index contributed by atoms with van der Waals surface area (Å²) < 4.78 is 25.4. The monoisotopic (exact) mass is 452 g/mol. The van der Waals surface area contributed by atoms with Gasteiger partial charge >= 0.3 is 6.09 Å². The van der Waals surface area contributed by atoms with Gasteiger partial charge in [-0.1, -0.05) is 30.9 Å². The van der Waals surface area contributed by atoms with Gasteiger partial charge in [0, 0.05) is 24.6 Å². The molecular formula is C26H29FN2O4. The van der Waals surface area contributed by atoms with Gasteiger partial charge in [-0.05, 0) is 51.0 Å². The molecule has 33 heavy (non-hydrogen) atoms. The molecule has 0 bridgehead atoms. The molecule has 1 N–H and O–H groups in total. The van der Waals surface area contributed by atoms with Crippen LogP contribution in [0.5, 0.6) is 11.5 Å². The van der Waals surface area contributed by atoms with Gasteiger partial charge in [-0.25, -0.2) is 9.18 Å². The minimum atomic E-state index is -0.805. The summed E-state index contributed by atoms with van der Waals surface area (Å²) in [6.45, 7) is 14.8. The van der Waals surface area contributed by atoms with E-state index in [9.17, 15) is 14.0 Å². The summed E-state index contributed by atoms with van der Waals surface area (Å²) >= 11 is 0. The summed E-state index contributed by atoms with van der Waals surface area (Å²) in [6.07, 6.45) is 2.77. The van der Waals surface area contributed by atoms with Gasteiger partial charge in [0.25, 0.3) is 0 Å². The molecule has 0 saturated heterocycles. The second-order valence-corrected chi connectivity index (χ2v) is 8.85. The molecule has 2 aromatic rings. The highest BCUT2D eigenvalue weighted by Crippen LogP contribution is 2.42. The molecule has 1 aliphatic rings. The van der Waals surface area contributed by atoms with Gasteiger partial charge in [0.2, 0.25) is 5.91 Å². The van der Waals surface area contributed by atoms with E-state index >= 15 is 0 Å². The Bertz CT molecular complexity index is 1100. The van der Waals surface area contributed by atoms with Crippen molar-refractivity contribution in [1.29, 1.82) is 0 Å². The maximum absolute atomic E-state index is 13.9. The molecule has 0 unspecified atom stereocenters. The van der Waals surface area contributed by atoms with E-state index < -0.39 is 23.6 Å². The molecule has 2 aromatic carbocycles. The number of carbonyl (C=O) groups excluding carboxylic acids is 2. The van der Waals surface area contributed by atoms with Crippen molar-refractivity contribution in [2.24, 2.45) is 0 Å². The average molecular weight is 453 g/mol. The van der Waals surface area contributed by atoms with Gasteiger partial charge in [0.15, 0.2) is 5.75 Å². The van der Waals surface area contributed by atoms with Crippen LogP contribution < -0.4 is 15.0 Å². The van der Waals surface area contributed by atoms with Crippen LogP contribution in [0.1, 0.15) is 37.5 Å². The number of fused-ring (bicyclic) bond motifs is 1. The largest absolute Gasteiger partial charge is 0.454 e. The Morgan fingerprint density at radius 2 is 2.00 bits per heavy atom. The van der Waals surface area contributed by atoms with Gasteiger partial charge in [-0.2, -0.15) is 0 Å². The maximum atomic E-state index is 13.9. The molecule has 1 heterocycles. The molecule has 6 nitrogen and oxygen atoms in total. The van der Waals surface area contributed by atoms with E-state index in [2.05, 4.69) is 18.5 Å². The highest BCUT2D eigenvalue weighted by Gasteiger charge is 2.37. The Hall–Kier alpha value is -3.61. The summed E-state index contributed by atoms with van der Waals surface area (Å²) in [7, 11) is 0. The molecule has 2 amide bonds. The van der Waals surface area contributed by atoms with Gasteiger partial charge < -0.3 is 19.7 Å². The molecule has 3 rings (SSSR count). The molecule has 0 aliphatic carbocycles. The fourth-order valence-electron chi connectivity index (χ4n) is 3.66. The third-order valence-corrected chi connectivity index (χ3v) is 5.08. The Kier molecular flexibility index (Phi) is 6.91. The fraction of sp³-hybridized carbons (Fsp3) is 0.308. The van der Waals surface area contributed by atoms with E-state index in [0.29, 0.717) is 22.7 Å². The molecule has 0 radical (unpaired) electrons. The zero-order valence-corrected chi connectivity index (χ0v) is 19.4. The molecule has 0 fully saturated rings. The van der Waals surface area contributed by atoms with Crippen molar-refractivity contribution in [3.05, 3.63) is 72.1 Å².